The fourth-order valence-corrected chi connectivity index (χ4v) is 6.12. The molecule has 1 saturated heterocycles. The van der Waals surface area contributed by atoms with Gasteiger partial charge in [0.2, 0.25) is 10.0 Å². The summed E-state index contributed by atoms with van der Waals surface area (Å²) in [5.74, 6) is 0. The third-order valence-corrected chi connectivity index (χ3v) is 7.04. The molecule has 114 valence electrons. The Morgan fingerprint density at radius 1 is 1.55 bits per heavy atom. The van der Waals surface area contributed by atoms with Crippen LogP contribution in [0, 0.1) is 0 Å². The molecule has 8 heteroatoms. The number of sulfonamides is 1. The fraction of sp³-hybridized carbons (Fsp3) is 0.667. The van der Waals surface area contributed by atoms with Gasteiger partial charge in [0.05, 0.1) is 15.9 Å². The summed E-state index contributed by atoms with van der Waals surface area (Å²) in [6.07, 6.45) is 0.693. The molecular weight excluding hydrogens is 364 g/mol. The Bertz CT molecular complexity index is 565. The first-order valence-corrected chi connectivity index (χ1v) is 9.56. The van der Waals surface area contributed by atoms with Gasteiger partial charge in [-0.05, 0) is 41.9 Å². The number of nitrogens with one attached hydrogen (secondary N) is 2. The summed E-state index contributed by atoms with van der Waals surface area (Å²) in [6, 6.07) is 1.72. The van der Waals surface area contributed by atoms with Crippen LogP contribution in [0.25, 0.3) is 0 Å². The summed E-state index contributed by atoms with van der Waals surface area (Å²) < 4.78 is 33.7. The Morgan fingerprint density at radius 3 is 2.90 bits per heavy atom. The van der Waals surface area contributed by atoms with Crippen LogP contribution in [0.4, 0.5) is 0 Å². The van der Waals surface area contributed by atoms with Crippen molar-refractivity contribution in [2.45, 2.75) is 37.2 Å². The van der Waals surface area contributed by atoms with Crippen molar-refractivity contribution in [1.82, 2.24) is 10.0 Å². The normalized spacial score (nSPS) is 23.4. The fourth-order valence-electron chi connectivity index (χ4n) is 2.04. The van der Waals surface area contributed by atoms with Crippen LogP contribution in [0.2, 0.25) is 0 Å². The number of ether oxygens (including phenoxy) is 1. The van der Waals surface area contributed by atoms with E-state index in [4.69, 9.17) is 4.74 Å². The maximum Gasteiger partial charge on any atom is 0.243 e. The van der Waals surface area contributed by atoms with Gasteiger partial charge in [-0.15, -0.1) is 11.3 Å². The van der Waals surface area contributed by atoms with E-state index in [0.717, 1.165) is 11.4 Å². The Labute approximate surface area is 132 Å². The SMILES string of the molecule is CCNCc1cc(S(=O)(=O)NC2(C)CCOC2)c(Br)s1. The highest BCUT2D eigenvalue weighted by Gasteiger charge is 2.35. The van der Waals surface area contributed by atoms with E-state index in [-0.39, 0.29) is 0 Å². The van der Waals surface area contributed by atoms with Crippen molar-refractivity contribution in [3.05, 3.63) is 14.7 Å². The second kappa shape index (κ2) is 6.41. The predicted molar refractivity (Wildman–Crippen MR) is 83.6 cm³/mol. The van der Waals surface area contributed by atoms with Crippen LogP contribution in [-0.2, 0) is 21.3 Å². The predicted octanol–water partition coefficient (Wildman–Crippen LogP) is 2.08. The minimum Gasteiger partial charge on any atom is -0.379 e. The van der Waals surface area contributed by atoms with Crippen molar-refractivity contribution in [2.24, 2.45) is 0 Å². The van der Waals surface area contributed by atoms with Crippen LogP contribution in [0.3, 0.4) is 0 Å². The Hall–Kier alpha value is 0.01000. The first kappa shape index (κ1) is 16.4. The monoisotopic (exact) mass is 382 g/mol. The van der Waals surface area contributed by atoms with E-state index in [2.05, 4.69) is 26.0 Å². The highest BCUT2D eigenvalue weighted by molar-refractivity contribution is 9.11. The van der Waals surface area contributed by atoms with Gasteiger partial charge in [0.25, 0.3) is 0 Å². The van der Waals surface area contributed by atoms with Gasteiger partial charge < -0.3 is 10.1 Å². The minimum atomic E-state index is -3.53. The summed E-state index contributed by atoms with van der Waals surface area (Å²) in [7, 11) is -3.53. The summed E-state index contributed by atoms with van der Waals surface area (Å²) in [5, 5.41) is 3.19. The zero-order valence-corrected chi connectivity index (χ0v) is 14.8. The van der Waals surface area contributed by atoms with Crippen LogP contribution in [0.1, 0.15) is 25.1 Å². The molecule has 0 bridgehead atoms. The molecule has 2 rings (SSSR count). The summed E-state index contributed by atoms with van der Waals surface area (Å²) in [6.45, 7) is 6.43. The quantitative estimate of drug-likeness (QED) is 0.790. The summed E-state index contributed by atoms with van der Waals surface area (Å²) in [5.41, 5.74) is -0.512. The van der Waals surface area contributed by atoms with Crippen molar-refractivity contribution in [2.75, 3.05) is 19.8 Å². The molecule has 2 heterocycles. The third-order valence-electron chi connectivity index (χ3n) is 3.14. The molecule has 0 radical (unpaired) electrons. The van der Waals surface area contributed by atoms with E-state index in [1.165, 1.54) is 11.3 Å². The summed E-state index contributed by atoms with van der Waals surface area (Å²) >= 11 is 4.79. The zero-order chi connectivity index (χ0) is 14.8. The van der Waals surface area contributed by atoms with E-state index < -0.39 is 15.6 Å². The second-order valence-electron chi connectivity index (χ2n) is 5.10. The smallest absolute Gasteiger partial charge is 0.243 e. The maximum atomic E-state index is 12.5. The number of hydrogen-bond donors (Lipinski definition) is 2. The number of hydrogen-bond acceptors (Lipinski definition) is 5. The number of thiophene rings is 1. The Balaban J connectivity index is 2.18. The first-order valence-electron chi connectivity index (χ1n) is 6.47. The van der Waals surface area contributed by atoms with Gasteiger partial charge in [-0.25, -0.2) is 13.1 Å². The molecule has 0 amide bonds. The van der Waals surface area contributed by atoms with Crippen LogP contribution >= 0.6 is 27.3 Å². The third kappa shape index (κ3) is 3.80. The van der Waals surface area contributed by atoms with Crippen molar-refractivity contribution in [3.8, 4) is 0 Å². The molecule has 2 N–H and O–H groups in total. The standard InChI is InChI=1S/C12H19BrN2O3S2/c1-3-14-7-9-6-10(11(13)19-9)20(16,17)15-12(2)4-5-18-8-12/h6,14-15H,3-5,7-8H2,1-2H3. The zero-order valence-electron chi connectivity index (χ0n) is 11.5. The maximum absolute atomic E-state index is 12.5. The van der Waals surface area contributed by atoms with Crippen LogP contribution < -0.4 is 10.0 Å². The average molecular weight is 383 g/mol. The molecule has 1 atom stereocenters. The average Bonchev–Trinajstić information content (AvgIpc) is 2.93. The van der Waals surface area contributed by atoms with Gasteiger partial charge in [-0.3, -0.25) is 0 Å². The number of rotatable bonds is 6. The van der Waals surface area contributed by atoms with Gasteiger partial charge >= 0.3 is 0 Å². The molecule has 1 aromatic heterocycles. The molecule has 0 spiro atoms. The lowest BCUT2D eigenvalue weighted by molar-refractivity contribution is 0.178. The lowest BCUT2D eigenvalue weighted by atomic mass is 10.0. The molecular formula is C12H19BrN2O3S2. The van der Waals surface area contributed by atoms with E-state index in [0.29, 0.717) is 34.9 Å². The number of halogens is 1. The lowest BCUT2D eigenvalue weighted by Crippen LogP contribution is -2.46. The van der Waals surface area contributed by atoms with E-state index >= 15 is 0 Å². The minimum absolute atomic E-state index is 0.309. The molecule has 0 aliphatic carbocycles. The molecule has 0 aromatic carbocycles. The van der Waals surface area contributed by atoms with E-state index in [1.54, 1.807) is 6.07 Å². The molecule has 1 aromatic rings. The van der Waals surface area contributed by atoms with Gasteiger partial charge in [0.15, 0.2) is 0 Å². The Morgan fingerprint density at radius 2 is 2.30 bits per heavy atom. The van der Waals surface area contributed by atoms with E-state index in [9.17, 15) is 8.42 Å². The van der Waals surface area contributed by atoms with Gasteiger partial charge in [-0.2, -0.15) is 0 Å². The van der Waals surface area contributed by atoms with Crippen molar-refractivity contribution in [1.29, 1.82) is 0 Å². The molecule has 1 fully saturated rings. The lowest BCUT2D eigenvalue weighted by Gasteiger charge is -2.22. The van der Waals surface area contributed by atoms with Gasteiger partial charge in [0.1, 0.15) is 4.90 Å². The largest absolute Gasteiger partial charge is 0.379 e. The molecule has 5 nitrogen and oxygen atoms in total. The van der Waals surface area contributed by atoms with Crippen LogP contribution in [-0.4, -0.2) is 33.7 Å². The van der Waals surface area contributed by atoms with Crippen molar-refractivity contribution >= 4 is 37.3 Å². The van der Waals surface area contributed by atoms with Crippen molar-refractivity contribution < 1.29 is 13.2 Å². The topological polar surface area (TPSA) is 67.4 Å². The molecule has 1 aliphatic heterocycles. The van der Waals surface area contributed by atoms with E-state index in [1.807, 2.05) is 13.8 Å². The van der Waals surface area contributed by atoms with Crippen LogP contribution in [0.5, 0.6) is 0 Å². The second-order valence-corrected chi connectivity index (χ2v) is 9.21. The van der Waals surface area contributed by atoms with Gasteiger partial charge in [-0.1, -0.05) is 6.92 Å². The van der Waals surface area contributed by atoms with Crippen LogP contribution in [0.15, 0.2) is 14.7 Å². The molecule has 1 aliphatic rings. The highest BCUT2D eigenvalue weighted by atomic mass is 79.9. The first-order chi connectivity index (χ1) is 9.36. The highest BCUT2D eigenvalue weighted by Crippen LogP contribution is 2.33. The molecule has 0 saturated carbocycles. The summed E-state index contributed by atoms with van der Waals surface area (Å²) in [4.78, 5) is 1.30. The Kier molecular flexibility index (Phi) is 5.25. The van der Waals surface area contributed by atoms with Gasteiger partial charge in [0, 0.05) is 18.0 Å². The van der Waals surface area contributed by atoms with Crippen molar-refractivity contribution in [3.63, 3.8) is 0 Å². The molecule has 1 unspecified atom stereocenters. The molecule has 20 heavy (non-hydrogen) atoms.